The number of aliphatic carboxylic acids is 1. The Bertz CT molecular complexity index is 1440. The SMILES string of the molecule is CCc1sc2ncnc(N[C@H](Cc3cccnc3)C(=O)O)c2c1-c1cccc2ccccc12. The quantitative estimate of drug-likeness (QED) is 0.334. The maximum absolute atomic E-state index is 12.1. The number of anilines is 1. The second-order valence-electron chi connectivity index (χ2n) is 7.78. The largest absolute Gasteiger partial charge is 0.480 e. The fraction of sp³-hybridized carbons (Fsp3) is 0.154. The Labute approximate surface area is 195 Å². The van der Waals surface area contributed by atoms with Crippen LogP contribution in [-0.4, -0.2) is 32.1 Å². The number of carbonyl (C=O) groups is 1. The molecule has 3 aromatic heterocycles. The lowest BCUT2D eigenvalue weighted by molar-refractivity contribution is -0.137. The molecule has 0 spiro atoms. The van der Waals surface area contributed by atoms with E-state index in [4.69, 9.17) is 0 Å². The van der Waals surface area contributed by atoms with E-state index in [1.807, 2.05) is 24.3 Å². The Kier molecular flexibility index (Phi) is 5.71. The number of hydrogen-bond donors (Lipinski definition) is 2. The Morgan fingerprint density at radius 1 is 1.09 bits per heavy atom. The van der Waals surface area contributed by atoms with Crippen molar-refractivity contribution >= 4 is 44.1 Å². The first-order valence-corrected chi connectivity index (χ1v) is 11.6. The summed E-state index contributed by atoms with van der Waals surface area (Å²) in [4.78, 5) is 27.3. The number of hydrogen-bond acceptors (Lipinski definition) is 6. The van der Waals surface area contributed by atoms with Crippen LogP contribution in [0.1, 0.15) is 17.4 Å². The van der Waals surface area contributed by atoms with Gasteiger partial charge in [0.05, 0.1) is 5.39 Å². The number of nitrogens with zero attached hydrogens (tertiary/aromatic N) is 3. The van der Waals surface area contributed by atoms with E-state index >= 15 is 0 Å². The van der Waals surface area contributed by atoms with Gasteiger partial charge in [0.25, 0.3) is 0 Å². The van der Waals surface area contributed by atoms with Crippen molar-refractivity contribution in [2.75, 3.05) is 5.32 Å². The number of fused-ring (bicyclic) bond motifs is 2. The van der Waals surface area contributed by atoms with Crippen LogP contribution in [-0.2, 0) is 17.6 Å². The average molecular weight is 455 g/mol. The maximum Gasteiger partial charge on any atom is 0.326 e. The van der Waals surface area contributed by atoms with Crippen molar-refractivity contribution in [2.45, 2.75) is 25.8 Å². The van der Waals surface area contributed by atoms with E-state index in [1.54, 1.807) is 23.7 Å². The number of carboxylic acids is 1. The summed E-state index contributed by atoms with van der Waals surface area (Å²) in [5.74, 6) is -0.404. The van der Waals surface area contributed by atoms with Crippen LogP contribution >= 0.6 is 11.3 Å². The van der Waals surface area contributed by atoms with Crippen molar-refractivity contribution in [3.8, 4) is 11.1 Å². The second-order valence-corrected chi connectivity index (χ2v) is 8.87. The fourth-order valence-corrected chi connectivity index (χ4v) is 5.28. The summed E-state index contributed by atoms with van der Waals surface area (Å²) in [6, 6.07) is 17.4. The topological polar surface area (TPSA) is 88.0 Å². The van der Waals surface area contributed by atoms with Crippen LogP contribution in [0.2, 0.25) is 0 Å². The lowest BCUT2D eigenvalue weighted by Crippen LogP contribution is -2.32. The van der Waals surface area contributed by atoms with Crippen molar-refractivity contribution in [3.63, 3.8) is 0 Å². The van der Waals surface area contributed by atoms with Crippen LogP contribution in [0.3, 0.4) is 0 Å². The van der Waals surface area contributed by atoms with Gasteiger partial charge in [-0.2, -0.15) is 0 Å². The number of pyridine rings is 1. The van der Waals surface area contributed by atoms with Gasteiger partial charge >= 0.3 is 5.97 Å². The third-order valence-electron chi connectivity index (χ3n) is 5.71. The van der Waals surface area contributed by atoms with Crippen molar-refractivity contribution in [1.82, 2.24) is 15.0 Å². The smallest absolute Gasteiger partial charge is 0.326 e. The predicted molar refractivity (Wildman–Crippen MR) is 133 cm³/mol. The van der Waals surface area contributed by atoms with Gasteiger partial charge in [0.1, 0.15) is 23.0 Å². The zero-order valence-corrected chi connectivity index (χ0v) is 18.8. The van der Waals surface area contributed by atoms with Crippen molar-refractivity contribution in [3.05, 3.63) is 83.8 Å². The molecule has 33 heavy (non-hydrogen) atoms. The Morgan fingerprint density at radius 3 is 2.73 bits per heavy atom. The molecular formula is C26H22N4O2S. The molecule has 0 saturated heterocycles. The van der Waals surface area contributed by atoms with Crippen molar-refractivity contribution in [2.24, 2.45) is 0 Å². The number of carboxylic acid groups (broad SMARTS) is 1. The molecule has 0 aliphatic carbocycles. The number of rotatable bonds is 7. The summed E-state index contributed by atoms with van der Waals surface area (Å²) in [5, 5.41) is 16.3. The van der Waals surface area contributed by atoms with E-state index in [2.05, 4.69) is 57.5 Å². The molecular weight excluding hydrogens is 432 g/mol. The summed E-state index contributed by atoms with van der Waals surface area (Å²) >= 11 is 1.63. The minimum absolute atomic E-state index is 0.295. The fourth-order valence-electron chi connectivity index (χ4n) is 4.19. The first-order chi connectivity index (χ1) is 16.2. The normalized spacial score (nSPS) is 12.2. The van der Waals surface area contributed by atoms with E-state index in [0.717, 1.165) is 44.1 Å². The molecule has 0 bridgehead atoms. The molecule has 5 rings (SSSR count). The van der Waals surface area contributed by atoms with E-state index in [-0.39, 0.29) is 0 Å². The number of benzene rings is 2. The van der Waals surface area contributed by atoms with Crippen LogP contribution < -0.4 is 5.32 Å². The highest BCUT2D eigenvalue weighted by Crippen LogP contribution is 2.43. The zero-order valence-electron chi connectivity index (χ0n) is 18.0. The predicted octanol–water partition coefficient (Wildman–Crippen LogP) is 5.58. The van der Waals surface area contributed by atoms with Gasteiger partial charge in [0.15, 0.2) is 0 Å². The molecule has 0 fully saturated rings. The van der Waals surface area contributed by atoms with Crippen molar-refractivity contribution < 1.29 is 9.90 Å². The molecule has 164 valence electrons. The van der Waals surface area contributed by atoms with Crippen LogP contribution in [0.4, 0.5) is 5.82 Å². The third-order valence-corrected chi connectivity index (χ3v) is 6.96. The standard InChI is InChI=1S/C26H22N4O2S/c1-2-21-22(19-11-5-9-17-8-3-4-10-18(17)19)23-24(28-15-29-25(23)33-21)30-20(26(31)32)13-16-7-6-12-27-14-16/h3-12,14-15,20H,2,13H2,1H3,(H,31,32)(H,28,29,30)/t20-/m1/s1. The maximum atomic E-state index is 12.1. The highest BCUT2D eigenvalue weighted by Gasteiger charge is 2.24. The molecule has 5 aromatic rings. The Hall–Kier alpha value is -3.84. The minimum Gasteiger partial charge on any atom is -0.480 e. The molecule has 0 aliphatic rings. The summed E-state index contributed by atoms with van der Waals surface area (Å²) in [6.07, 6.45) is 6.00. The number of nitrogens with one attached hydrogen (secondary N) is 1. The van der Waals surface area contributed by atoms with E-state index in [1.165, 1.54) is 11.2 Å². The molecule has 0 amide bonds. The van der Waals surface area contributed by atoms with Crippen LogP contribution in [0, 0.1) is 0 Å². The van der Waals surface area contributed by atoms with Gasteiger partial charge in [-0.15, -0.1) is 11.3 Å². The molecule has 3 heterocycles. The third kappa shape index (κ3) is 4.03. The second kappa shape index (κ2) is 8.96. The summed E-state index contributed by atoms with van der Waals surface area (Å²) in [6.45, 7) is 2.13. The minimum atomic E-state index is -0.941. The molecule has 2 N–H and O–H groups in total. The van der Waals surface area contributed by atoms with Gasteiger partial charge in [0.2, 0.25) is 0 Å². The highest BCUT2D eigenvalue weighted by molar-refractivity contribution is 7.19. The lowest BCUT2D eigenvalue weighted by atomic mass is 9.96. The summed E-state index contributed by atoms with van der Waals surface area (Å²) in [7, 11) is 0. The first-order valence-electron chi connectivity index (χ1n) is 10.8. The molecule has 0 aliphatic heterocycles. The lowest BCUT2D eigenvalue weighted by Gasteiger charge is -2.17. The van der Waals surface area contributed by atoms with Gasteiger partial charge < -0.3 is 10.4 Å². The average Bonchev–Trinajstić information content (AvgIpc) is 3.23. The van der Waals surface area contributed by atoms with Crippen LogP contribution in [0.5, 0.6) is 0 Å². The van der Waals surface area contributed by atoms with Gasteiger partial charge in [-0.05, 0) is 34.4 Å². The van der Waals surface area contributed by atoms with E-state index < -0.39 is 12.0 Å². The van der Waals surface area contributed by atoms with Gasteiger partial charge in [-0.3, -0.25) is 4.98 Å². The molecule has 0 unspecified atom stereocenters. The molecule has 0 saturated carbocycles. The molecule has 6 nitrogen and oxygen atoms in total. The van der Waals surface area contributed by atoms with Gasteiger partial charge in [-0.1, -0.05) is 55.5 Å². The number of aromatic nitrogens is 3. The first kappa shape index (κ1) is 21.0. The molecule has 1 atom stereocenters. The Balaban J connectivity index is 1.66. The summed E-state index contributed by atoms with van der Waals surface area (Å²) < 4.78 is 0. The van der Waals surface area contributed by atoms with Gasteiger partial charge in [-0.25, -0.2) is 14.8 Å². The number of thiophene rings is 1. The summed E-state index contributed by atoms with van der Waals surface area (Å²) in [5.41, 5.74) is 3.02. The Morgan fingerprint density at radius 2 is 1.94 bits per heavy atom. The van der Waals surface area contributed by atoms with Crippen molar-refractivity contribution in [1.29, 1.82) is 0 Å². The monoisotopic (exact) mass is 454 g/mol. The van der Waals surface area contributed by atoms with Crippen LogP contribution in [0.25, 0.3) is 32.1 Å². The van der Waals surface area contributed by atoms with Crippen LogP contribution in [0.15, 0.2) is 73.3 Å². The molecule has 2 aromatic carbocycles. The van der Waals surface area contributed by atoms with E-state index in [9.17, 15) is 9.90 Å². The molecule has 0 radical (unpaired) electrons. The van der Waals surface area contributed by atoms with Gasteiger partial charge in [0, 0.05) is 29.3 Å². The highest BCUT2D eigenvalue weighted by atomic mass is 32.1. The zero-order chi connectivity index (χ0) is 22.8. The number of aryl methyl sites for hydroxylation is 1. The van der Waals surface area contributed by atoms with E-state index in [0.29, 0.717) is 12.2 Å². The molecule has 7 heteroatoms.